The second-order valence-electron chi connectivity index (χ2n) is 4.92. The third-order valence-corrected chi connectivity index (χ3v) is 4.14. The Labute approximate surface area is 136 Å². The van der Waals surface area contributed by atoms with Crippen molar-refractivity contribution in [2.24, 2.45) is 0 Å². The molecule has 0 aliphatic rings. The van der Waals surface area contributed by atoms with Crippen LogP contribution in [0.15, 0.2) is 53.7 Å². The molecule has 1 aromatic heterocycles. The molecule has 0 atom stereocenters. The summed E-state index contributed by atoms with van der Waals surface area (Å²) >= 11 is 1.39. The quantitative estimate of drug-likeness (QED) is 0.775. The van der Waals surface area contributed by atoms with Crippen LogP contribution in [0.25, 0.3) is 0 Å². The highest BCUT2D eigenvalue weighted by Gasteiger charge is 2.29. The van der Waals surface area contributed by atoms with Crippen LogP contribution < -0.4 is 0 Å². The maximum Gasteiger partial charge on any atom is 0.416 e. The molecule has 1 amide bonds. The van der Waals surface area contributed by atoms with Crippen molar-refractivity contribution in [3.63, 3.8) is 0 Å². The average molecular weight is 340 g/mol. The number of nitrogens with zero attached hydrogens (tertiary/aromatic N) is 2. The van der Waals surface area contributed by atoms with Gasteiger partial charge < -0.3 is 4.90 Å². The molecule has 1 heterocycles. The van der Waals surface area contributed by atoms with Gasteiger partial charge in [0.15, 0.2) is 0 Å². The number of pyridine rings is 1. The van der Waals surface area contributed by atoms with Gasteiger partial charge in [-0.05, 0) is 29.8 Å². The van der Waals surface area contributed by atoms with Crippen molar-refractivity contribution in [1.29, 1.82) is 0 Å². The van der Waals surface area contributed by atoms with E-state index in [1.807, 2.05) is 12.1 Å². The zero-order valence-corrected chi connectivity index (χ0v) is 13.2. The van der Waals surface area contributed by atoms with E-state index in [0.717, 1.165) is 17.0 Å². The number of benzene rings is 1. The molecule has 0 aliphatic heterocycles. The Morgan fingerprint density at radius 2 is 1.74 bits per heavy atom. The first-order valence-corrected chi connectivity index (χ1v) is 7.78. The molecule has 23 heavy (non-hydrogen) atoms. The van der Waals surface area contributed by atoms with Crippen LogP contribution in [-0.2, 0) is 17.5 Å². The van der Waals surface area contributed by atoms with Crippen molar-refractivity contribution in [1.82, 2.24) is 9.88 Å². The van der Waals surface area contributed by atoms with E-state index in [4.69, 9.17) is 0 Å². The lowest BCUT2D eigenvalue weighted by atomic mass is 10.1. The first-order chi connectivity index (χ1) is 10.9. The highest BCUT2D eigenvalue weighted by atomic mass is 32.2. The van der Waals surface area contributed by atoms with Crippen LogP contribution in [0.1, 0.15) is 11.1 Å². The number of rotatable bonds is 5. The van der Waals surface area contributed by atoms with Gasteiger partial charge in [0.05, 0.1) is 11.3 Å². The number of aromatic nitrogens is 1. The second-order valence-corrected chi connectivity index (χ2v) is 5.96. The summed E-state index contributed by atoms with van der Waals surface area (Å²) in [5.41, 5.74) is -0.0359. The first kappa shape index (κ1) is 17.3. The van der Waals surface area contributed by atoms with Crippen LogP contribution in [-0.4, -0.2) is 28.6 Å². The van der Waals surface area contributed by atoms with Crippen LogP contribution in [0.2, 0.25) is 0 Å². The normalized spacial score (nSPS) is 11.3. The number of hydrogen-bond acceptors (Lipinski definition) is 3. The van der Waals surface area contributed by atoms with Gasteiger partial charge in [0.1, 0.15) is 0 Å². The van der Waals surface area contributed by atoms with Crippen molar-refractivity contribution < 1.29 is 18.0 Å². The number of amides is 1. The fourth-order valence-electron chi connectivity index (χ4n) is 1.85. The SMILES string of the molecule is CN(Cc1ccc(C(F)(F)F)cc1)C(=O)CSc1ccncc1. The van der Waals surface area contributed by atoms with Crippen LogP contribution in [0, 0.1) is 0 Å². The van der Waals surface area contributed by atoms with Gasteiger partial charge in [0.2, 0.25) is 5.91 Å². The summed E-state index contributed by atoms with van der Waals surface area (Å²) in [7, 11) is 1.63. The van der Waals surface area contributed by atoms with Crippen molar-refractivity contribution in [3.05, 3.63) is 59.9 Å². The van der Waals surface area contributed by atoms with Gasteiger partial charge in [-0.3, -0.25) is 9.78 Å². The van der Waals surface area contributed by atoms with E-state index < -0.39 is 11.7 Å². The number of alkyl halides is 3. The lowest BCUT2D eigenvalue weighted by molar-refractivity contribution is -0.137. The van der Waals surface area contributed by atoms with Crippen LogP contribution >= 0.6 is 11.8 Å². The van der Waals surface area contributed by atoms with E-state index in [9.17, 15) is 18.0 Å². The average Bonchev–Trinajstić information content (AvgIpc) is 2.53. The zero-order valence-electron chi connectivity index (χ0n) is 12.4. The van der Waals surface area contributed by atoms with Crippen molar-refractivity contribution in [2.45, 2.75) is 17.6 Å². The molecule has 0 saturated heterocycles. The Morgan fingerprint density at radius 3 is 2.30 bits per heavy atom. The van der Waals surface area contributed by atoms with Crippen LogP contribution in [0.3, 0.4) is 0 Å². The van der Waals surface area contributed by atoms with Crippen molar-refractivity contribution in [2.75, 3.05) is 12.8 Å². The smallest absolute Gasteiger partial charge is 0.341 e. The highest BCUT2D eigenvalue weighted by Crippen LogP contribution is 2.29. The fourth-order valence-corrected chi connectivity index (χ4v) is 2.68. The third kappa shape index (κ3) is 5.28. The minimum Gasteiger partial charge on any atom is -0.341 e. The molecule has 0 spiro atoms. The number of thioether (sulfide) groups is 1. The Morgan fingerprint density at radius 1 is 1.13 bits per heavy atom. The molecule has 0 radical (unpaired) electrons. The van der Waals surface area contributed by atoms with E-state index >= 15 is 0 Å². The summed E-state index contributed by atoms with van der Waals surface area (Å²) < 4.78 is 37.5. The van der Waals surface area contributed by atoms with Gasteiger partial charge in [-0.1, -0.05) is 12.1 Å². The van der Waals surface area contributed by atoms with Gasteiger partial charge in [-0.2, -0.15) is 13.2 Å². The first-order valence-electron chi connectivity index (χ1n) is 6.79. The Balaban J connectivity index is 1.88. The summed E-state index contributed by atoms with van der Waals surface area (Å²) in [6.07, 6.45) is -1.04. The fraction of sp³-hybridized carbons (Fsp3) is 0.250. The van der Waals surface area contributed by atoms with Gasteiger partial charge in [-0.15, -0.1) is 11.8 Å². The van der Waals surface area contributed by atoms with E-state index in [1.54, 1.807) is 19.4 Å². The lowest BCUT2D eigenvalue weighted by Crippen LogP contribution is -2.27. The van der Waals surface area contributed by atoms with Crippen LogP contribution in [0.4, 0.5) is 13.2 Å². The predicted octanol–water partition coefficient (Wildman–Crippen LogP) is 3.85. The van der Waals surface area contributed by atoms with Crippen molar-refractivity contribution in [3.8, 4) is 0 Å². The van der Waals surface area contributed by atoms with E-state index in [0.29, 0.717) is 5.56 Å². The minimum absolute atomic E-state index is 0.0910. The number of carbonyl (C=O) groups is 1. The predicted molar refractivity (Wildman–Crippen MR) is 82.9 cm³/mol. The minimum atomic E-state index is -4.35. The summed E-state index contributed by atoms with van der Waals surface area (Å²) in [5.74, 6) is 0.174. The molecular formula is C16H15F3N2OS. The maximum absolute atomic E-state index is 12.5. The van der Waals surface area contributed by atoms with E-state index in [2.05, 4.69) is 4.98 Å². The number of halogens is 3. The van der Waals surface area contributed by atoms with E-state index in [1.165, 1.54) is 28.8 Å². The van der Waals surface area contributed by atoms with Gasteiger partial charge in [0, 0.05) is 30.9 Å². The summed E-state index contributed by atoms with van der Waals surface area (Å²) in [4.78, 5) is 18.4. The molecule has 0 aliphatic carbocycles. The second kappa shape index (κ2) is 7.50. The Kier molecular flexibility index (Phi) is 5.65. The van der Waals surface area contributed by atoms with E-state index in [-0.39, 0.29) is 18.2 Å². The Hall–Kier alpha value is -2.02. The molecule has 2 aromatic rings. The molecule has 0 unspecified atom stereocenters. The molecule has 0 bridgehead atoms. The molecule has 0 fully saturated rings. The van der Waals surface area contributed by atoms with Gasteiger partial charge >= 0.3 is 6.18 Å². The topological polar surface area (TPSA) is 33.2 Å². The summed E-state index contributed by atoms with van der Waals surface area (Å²) in [5, 5.41) is 0. The number of hydrogen-bond donors (Lipinski definition) is 0. The van der Waals surface area contributed by atoms with Gasteiger partial charge in [0.25, 0.3) is 0 Å². The molecule has 0 saturated carbocycles. The number of carbonyl (C=O) groups excluding carboxylic acids is 1. The van der Waals surface area contributed by atoms with Crippen LogP contribution in [0.5, 0.6) is 0 Å². The summed E-state index contributed by atoms with van der Waals surface area (Å²) in [6.45, 7) is 0.272. The molecule has 3 nitrogen and oxygen atoms in total. The summed E-state index contributed by atoms with van der Waals surface area (Å²) in [6, 6.07) is 8.46. The monoisotopic (exact) mass is 340 g/mol. The molecule has 0 N–H and O–H groups in total. The lowest BCUT2D eigenvalue weighted by Gasteiger charge is -2.17. The zero-order chi connectivity index (χ0) is 16.9. The molecule has 122 valence electrons. The molecule has 1 aromatic carbocycles. The maximum atomic E-state index is 12.5. The standard InChI is InChI=1S/C16H15F3N2OS/c1-21(15(22)11-23-14-6-8-20-9-7-14)10-12-2-4-13(5-3-12)16(17,18)19/h2-9H,10-11H2,1H3. The van der Waals surface area contributed by atoms with Gasteiger partial charge in [-0.25, -0.2) is 0 Å². The third-order valence-electron chi connectivity index (χ3n) is 3.14. The highest BCUT2D eigenvalue weighted by molar-refractivity contribution is 8.00. The van der Waals surface area contributed by atoms with Crippen molar-refractivity contribution >= 4 is 17.7 Å². The Bertz CT molecular complexity index is 645. The molecule has 2 rings (SSSR count). The largest absolute Gasteiger partial charge is 0.416 e. The molecule has 7 heteroatoms. The molecular weight excluding hydrogens is 325 g/mol.